The highest BCUT2D eigenvalue weighted by Crippen LogP contribution is 2.39. The summed E-state index contributed by atoms with van der Waals surface area (Å²) in [6.07, 6.45) is 0. The number of carbonyl (C=O) groups is 2. The molecule has 0 bridgehead atoms. The van der Waals surface area contributed by atoms with Crippen LogP contribution in [0.25, 0.3) is 11.3 Å². The Balaban J connectivity index is 1.81. The summed E-state index contributed by atoms with van der Waals surface area (Å²) >= 11 is 0. The summed E-state index contributed by atoms with van der Waals surface area (Å²) in [5, 5.41) is 17.5. The van der Waals surface area contributed by atoms with Gasteiger partial charge in [0, 0.05) is 11.6 Å². The number of aryl methyl sites for hydroxylation is 1. The van der Waals surface area contributed by atoms with E-state index in [2.05, 4.69) is 10.2 Å². The molecule has 0 spiro atoms. The first-order valence-corrected chi connectivity index (χ1v) is 9.38. The molecular weight excluding hydrogens is 404 g/mol. The number of benzene rings is 2. The number of carbonyl (C=O) groups excluding carboxylic acids is 2. The van der Waals surface area contributed by atoms with Crippen LogP contribution in [0, 0.1) is 6.92 Å². The third-order valence-corrected chi connectivity index (χ3v) is 4.23. The molecule has 5 N–H and O–H groups in total. The van der Waals surface area contributed by atoms with Gasteiger partial charge in [-0.15, -0.1) is 0 Å². The van der Waals surface area contributed by atoms with Crippen molar-refractivity contribution in [3.8, 4) is 34.3 Å². The lowest BCUT2D eigenvalue weighted by Crippen LogP contribution is -2.34. The van der Waals surface area contributed by atoms with E-state index in [0.717, 1.165) is 0 Å². The topological polar surface area (TPSA) is 149 Å². The molecule has 0 unspecified atom stereocenters. The number of esters is 1. The van der Waals surface area contributed by atoms with Gasteiger partial charge in [-0.3, -0.25) is 15.3 Å². The number of H-pyrrole nitrogens is 1. The lowest BCUT2D eigenvalue weighted by atomic mass is 10.1. The van der Waals surface area contributed by atoms with Gasteiger partial charge in [-0.2, -0.15) is 5.10 Å². The van der Waals surface area contributed by atoms with Crippen LogP contribution in [0.3, 0.4) is 0 Å². The molecule has 0 saturated heterocycles. The number of hydrogen-bond acceptors (Lipinski definition) is 8. The molecule has 3 rings (SSSR count). The van der Waals surface area contributed by atoms with Gasteiger partial charge in [0.2, 0.25) is 0 Å². The van der Waals surface area contributed by atoms with Crippen LogP contribution < -0.4 is 20.7 Å². The standard InChI is InChI=1S/C21H22N4O6/c1-3-29-21(28)13-4-6-14(7-5-13)31-20-12(2)24-25-19(20)16-9-8-15(10-17(16)26)30-11-18(27)23-22/h4-10,26H,3,11,22H2,1-2H3,(H,23,27)(H,24,25). The maximum Gasteiger partial charge on any atom is 0.338 e. The highest BCUT2D eigenvalue weighted by atomic mass is 16.5. The predicted molar refractivity (Wildman–Crippen MR) is 111 cm³/mol. The van der Waals surface area contributed by atoms with Gasteiger partial charge in [0.25, 0.3) is 5.91 Å². The number of aromatic nitrogens is 2. The van der Waals surface area contributed by atoms with Crippen LogP contribution in [0.1, 0.15) is 23.0 Å². The fourth-order valence-electron chi connectivity index (χ4n) is 2.71. The molecule has 10 heteroatoms. The van der Waals surface area contributed by atoms with Crippen molar-refractivity contribution < 1.29 is 28.9 Å². The highest BCUT2D eigenvalue weighted by molar-refractivity contribution is 5.89. The number of phenols is 1. The summed E-state index contributed by atoms with van der Waals surface area (Å²) in [6.45, 7) is 3.53. The molecule has 0 saturated carbocycles. The van der Waals surface area contributed by atoms with E-state index in [9.17, 15) is 14.7 Å². The fourth-order valence-corrected chi connectivity index (χ4v) is 2.71. The Morgan fingerprint density at radius 2 is 1.87 bits per heavy atom. The van der Waals surface area contributed by atoms with Gasteiger partial charge in [0.05, 0.1) is 17.9 Å². The Kier molecular flexibility index (Phi) is 6.73. The number of amides is 1. The van der Waals surface area contributed by atoms with Crippen molar-refractivity contribution >= 4 is 11.9 Å². The van der Waals surface area contributed by atoms with Crippen LogP contribution in [-0.2, 0) is 9.53 Å². The summed E-state index contributed by atoms with van der Waals surface area (Å²) in [5.74, 6) is 5.16. The molecule has 162 valence electrons. The van der Waals surface area contributed by atoms with Crippen LogP contribution in [0.4, 0.5) is 0 Å². The molecule has 1 heterocycles. The molecular formula is C21H22N4O6. The number of aromatic hydroxyl groups is 1. The quantitative estimate of drug-likeness (QED) is 0.186. The molecule has 31 heavy (non-hydrogen) atoms. The van der Waals surface area contributed by atoms with E-state index in [0.29, 0.717) is 40.6 Å². The number of phenolic OH excluding ortho intramolecular Hbond substituents is 1. The van der Waals surface area contributed by atoms with Gasteiger partial charge in [-0.05, 0) is 50.2 Å². The van der Waals surface area contributed by atoms with Gasteiger partial charge in [-0.25, -0.2) is 10.6 Å². The number of hydrazine groups is 1. The first-order valence-electron chi connectivity index (χ1n) is 9.38. The van der Waals surface area contributed by atoms with Crippen molar-refractivity contribution in [2.45, 2.75) is 13.8 Å². The minimum absolute atomic E-state index is 0.111. The van der Waals surface area contributed by atoms with E-state index >= 15 is 0 Å². The van der Waals surface area contributed by atoms with Crippen molar-refractivity contribution in [3.63, 3.8) is 0 Å². The molecule has 0 aliphatic heterocycles. The second-order valence-electron chi connectivity index (χ2n) is 6.41. The van der Waals surface area contributed by atoms with Gasteiger partial charge in [-0.1, -0.05) is 0 Å². The molecule has 1 amide bonds. The Hall–Kier alpha value is -4.05. The van der Waals surface area contributed by atoms with Crippen molar-refractivity contribution in [1.82, 2.24) is 15.6 Å². The van der Waals surface area contributed by atoms with Gasteiger partial charge >= 0.3 is 5.97 Å². The van der Waals surface area contributed by atoms with Crippen molar-refractivity contribution in [2.75, 3.05) is 13.2 Å². The maximum atomic E-state index is 11.8. The largest absolute Gasteiger partial charge is 0.507 e. The smallest absolute Gasteiger partial charge is 0.338 e. The molecule has 0 radical (unpaired) electrons. The number of hydrogen-bond donors (Lipinski definition) is 4. The SMILES string of the molecule is CCOC(=O)c1ccc(Oc2c(-c3ccc(OCC(=O)NN)cc3O)n[nH]c2C)cc1. The van der Waals surface area contributed by atoms with Gasteiger partial charge < -0.3 is 19.3 Å². The molecule has 1 aromatic heterocycles. The molecule has 0 aliphatic carbocycles. The molecule has 0 aliphatic rings. The van der Waals surface area contributed by atoms with E-state index in [4.69, 9.17) is 20.1 Å². The zero-order valence-corrected chi connectivity index (χ0v) is 17.0. The van der Waals surface area contributed by atoms with E-state index in [1.54, 1.807) is 50.2 Å². The Labute approximate surface area is 177 Å². The van der Waals surface area contributed by atoms with E-state index in [-0.39, 0.29) is 18.1 Å². The minimum Gasteiger partial charge on any atom is -0.507 e. The van der Waals surface area contributed by atoms with E-state index in [1.807, 2.05) is 5.43 Å². The zero-order chi connectivity index (χ0) is 22.4. The second kappa shape index (κ2) is 9.63. The average Bonchev–Trinajstić information content (AvgIpc) is 3.12. The van der Waals surface area contributed by atoms with Crippen LogP contribution in [0.5, 0.6) is 23.0 Å². The maximum absolute atomic E-state index is 11.8. The normalized spacial score (nSPS) is 10.4. The average molecular weight is 426 g/mol. The number of rotatable bonds is 8. The summed E-state index contributed by atoms with van der Waals surface area (Å²) in [7, 11) is 0. The lowest BCUT2D eigenvalue weighted by Gasteiger charge is -2.10. The summed E-state index contributed by atoms with van der Waals surface area (Å²) in [4.78, 5) is 23.0. The van der Waals surface area contributed by atoms with Crippen molar-refractivity contribution in [1.29, 1.82) is 0 Å². The van der Waals surface area contributed by atoms with Crippen molar-refractivity contribution in [3.05, 3.63) is 53.7 Å². The number of ether oxygens (including phenoxy) is 3. The molecule has 10 nitrogen and oxygen atoms in total. The lowest BCUT2D eigenvalue weighted by molar-refractivity contribution is -0.123. The summed E-state index contributed by atoms with van der Waals surface area (Å²) in [5.41, 5.74) is 3.79. The van der Waals surface area contributed by atoms with E-state index < -0.39 is 11.9 Å². The molecule has 3 aromatic rings. The Bertz CT molecular complexity index is 1080. The number of nitrogens with two attached hydrogens (primary N) is 1. The third-order valence-electron chi connectivity index (χ3n) is 4.23. The highest BCUT2D eigenvalue weighted by Gasteiger charge is 2.19. The Morgan fingerprint density at radius 3 is 2.52 bits per heavy atom. The monoisotopic (exact) mass is 426 g/mol. The van der Waals surface area contributed by atoms with Crippen LogP contribution >= 0.6 is 0 Å². The number of nitrogens with one attached hydrogen (secondary N) is 2. The van der Waals surface area contributed by atoms with Crippen LogP contribution in [0.15, 0.2) is 42.5 Å². The third kappa shape index (κ3) is 5.11. The predicted octanol–water partition coefficient (Wildman–Crippen LogP) is 2.43. The summed E-state index contributed by atoms with van der Waals surface area (Å²) < 4.78 is 16.2. The molecule has 0 atom stereocenters. The molecule has 2 aromatic carbocycles. The summed E-state index contributed by atoms with van der Waals surface area (Å²) in [6, 6.07) is 11.0. The second-order valence-corrected chi connectivity index (χ2v) is 6.41. The van der Waals surface area contributed by atoms with E-state index in [1.165, 1.54) is 6.07 Å². The molecule has 0 fully saturated rings. The van der Waals surface area contributed by atoms with Crippen LogP contribution in [0.2, 0.25) is 0 Å². The van der Waals surface area contributed by atoms with Gasteiger partial charge in [0.1, 0.15) is 22.9 Å². The van der Waals surface area contributed by atoms with Crippen LogP contribution in [-0.4, -0.2) is 40.4 Å². The number of nitrogens with zero attached hydrogens (tertiary/aromatic N) is 1. The van der Waals surface area contributed by atoms with Gasteiger partial charge in [0.15, 0.2) is 12.4 Å². The first-order chi connectivity index (χ1) is 14.9. The fraction of sp³-hybridized carbons (Fsp3) is 0.190. The Morgan fingerprint density at radius 1 is 1.16 bits per heavy atom. The van der Waals surface area contributed by atoms with Crippen molar-refractivity contribution in [2.24, 2.45) is 5.84 Å². The number of aromatic amines is 1. The zero-order valence-electron chi connectivity index (χ0n) is 17.0. The first kappa shape index (κ1) is 21.7. The minimum atomic E-state index is -0.504.